The van der Waals surface area contributed by atoms with Gasteiger partial charge in [-0.15, -0.1) is 0 Å². The first-order valence-corrected chi connectivity index (χ1v) is 10.3. The second-order valence-corrected chi connectivity index (χ2v) is 8.30. The van der Waals surface area contributed by atoms with E-state index in [1.165, 1.54) is 24.0 Å². The van der Waals surface area contributed by atoms with Gasteiger partial charge in [0.1, 0.15) is 11.5 Å². The van der Waals surface area contributed by atoms with Crippen molar-refractivity contribution in [2.75, 3.05) is 21.3 Å². The number of methoxy groups -OCH3 is 2. The summed E-state index contributed by atoms with van der Waals surface area (Å²) in [6.07, 6.45) is 3.90. The molecule has 0 saturated carbocycles. The van der Waals surface area contributed by atoms with Crippen molar-refractivity contribution in [2.24, 2.45) is 11.8 Å². The molecule has 4 heteroatoms. The monoisotopic (exact) mass is 381 g/mol. The quantitative estimate of drug-likeness (QED) is 0.831. The minimum Gasteiger partial charge on any atom is -0.497 e. The Kier molecular flexibility index (Phi) is 5.61. The molecule has 2 heterocycles. The Bertz CT molecular complexity index is 708. The summed E-state index contributed by atoms with van der Waals surface area (Å²) in [7, 11) is 5.63. The zero-order valence-electron chi connectivity index (χ0n) is 17.0. The van der Waals surface area contributed by atoms with Crippen LogP contribution < -0.4 is 9.47 Å². The van der Waals surface area contributed by atoms with Crippen molar-refractivity contribution in [1.82, 2.24) is 4.90 Å². The molecule has 2 aromatic carbocycles. The lowest BCUT2D eigenvalue weighted by Crippen LogP contribution is -2.56. The number of hydrogen-bond acceptors (Lipinski definition) is 4. The fourth-order valence-corrected chi connectivity index (χ4v) is 5.38. The average molecular weight is 382 g/mol. The largest absolute Gasteiger partial charge is 0.497 e. The lowest BCUT2D eigenvalue weighted by atomic mass is 9.75. The molecule has 28 heavy (non-hydrogen) atoms. The van der Waals surface area contributed by atoms with Crippen molar-refractivity contribution in [3.05, 3.63) is 59.7 Å². The lowest BCUT2D eigenvalue weighted by Gasteiger charge is -2.46. The first-order chi connectivity index (χ1) is 13.6. The van der Waals surface area contributed by atoms with Crippen molar-refractivity contribution in [2.45, 2.75) is 43.9 Å². The van der Waals surface area contributed by atoms with Crippen LogP contribution in [0.1, 0.15) is 24.0 Å². The van der Waals surface area contributed by atoms with E-state index < -0.39 is 0 Å². The third-order valence-corrected chi connectivity index (χ3v) is 6.93. The SMILES string of the molecule is COc1ccc(C[C@@H]2C(O)[C@@H](Cc3ccc(OC)cc3)[C@H]3CC[C@H]2N3C)cc1. The molecule has 150 valence electrons. The molecule has 4 nitrogen and oxygen atoms in total. The number of piperidine rings is 1. The first kappa shape index (κ1) is 19.3. The number of aliphatic hydroxyl groups is 1. The maximum absolute atomic E-state index is 11.4. The summed E-state index contributed by atoms with van der Waals surface area (Å²) in [6.45, 7) is 0. The van der Waals surface area contributed by atoms with Crippen LogP contribution >= 0.6 is 0 Å². The normalized spacial score (nSPS) is 29.6. The summed E-state index contributed by atoms with van der Waals surface area (Å²) in [6, 6.07) is 17.5. The Labute approximate surface area is 168 Å². The summed E-state index contributed by atoms with van der Waals surface area (Å²) >= 11 is 0. The fourth-order valence-electron chi connectivity index (χ4n) is 5.38. The number of rotatable bonds is 6. The van der Waals surface area contributed by atoms with Crippen LogP contribution in [-0.2, 0) is 12.8 Å². The van der Waals surface area contributed by atoms with E-state index in [-0.39, 0.29) is 17.9 Å². The lowest BCUT2D eigenvalue weighted by molar-refractivity contribution is -0.0549. The molecule has 0 unspecified atom stereocenters. The van der Waals surface area contributed by atoms with Crippen LogP contribution in [-0.4, -0.2) is 49.5 Å². The Morgan fingerprint density at radius 2 is 1.18 bits per heavy atom. The van der Waals surface area contributed by atoms with Gasteiger partial charge in [0.2, 0.25) is 0 Å². The van der Waals surface area contributed by atoms with Crippen molar-refractivity contribution in [3.63, 3.8) is 0 Å². The summed E-state index contributed by atoms with van der Waals surface area (Å²) < 4.78 is 10.6. The molecule has 0 amide bonds. The number of nitrogens with zero attached hydrogens (tertiary/aromatic N) is 1. The molecule has 2 bridgehead atoms. The number of benzene rings is 2. The standard InChI is InChI=1S/C24H31NO3/c1-25-22-12-13-23(25)21(15-17-6-10-19(28-3)11-7-17)24(26)20(22)14-16-4-8-18(27-2)9-5-16/h4-11,20-24,26H,12-15H2,1-3H3/t20-,21-,22+,23+/m0/s1. The topological polar surface area (TPSA) is 41.9 Å². The Morgan fingerprint density at radius 1 is 0.786 bits per heavy atom. The number of hydrogen-bond donors (Lipinski definition) is 1. The van der Waals surface area contributed by atoms with E-state index in [1.54, 1.807) is 14.2 Å². The maximum atomic E-state index is 11.4. The van der Waals surface area contributed by atoms with Crippen LogP contribution in [0.5, 0.6) is 11.5 Å². The van der Waals surface area contributed by atoms with E-state index in [0.717, 1.165) is 24.3 Å². The van der Waals surface area contributed by atoms with Crippen LogP contribution in [0, 0.1) is 11.8 Å². The molecule has 2 fully saturated rings. The first-order valence-electron chi connectivity index (χ1n) is 10.3. The van der Waals surface area contributed by atoms with Gasteiger partial charge in [0.05, 0.1) is 20.3 Å². The van der Waals surface area contributed by atoms with E-state index >= 15 is 0 Å². The molecule has 0 radical (unpaired) electrons. The van der Waals surface area contributed by atoms with Crippen molar-refractivity contribution < 1.29 is 14.6 Å². The van der Waals surface area contributed by atoms with Crippen molar-refractivity contribution in [3.8, 4) is 11.5 Å². The van der Waals surface area contributed by atoms with E-state index in [9.17, 15) is 5.11 Å². The average Bonchev–Trinajstić information content (AvgIpc) is 3.04. The third-order valence-electron chi connectivity index (χ3n) is 6.93. The molecule has 4 atom stereocenters. The predicted molar refractivity (Wildman–Crippen MR) is 111 cm³/mol. The van der Waals surface area contributed by atoms with Gasteiger partial charge in [0.25, 0.3) is 0 Å². The Morgan fingerprint density at radius 3 is 1.54 bits per heavy atom. The predicted octanol–water partition coefficient (Wildman–Crippen LogP) is 3.56. The van der Waals surface area contributed by atoms with Crippen LogP contribution in [0.25, 0.3) is 0 Å². The molecule has 2 aliphatic heterocycles. The van der Waals surface area contributed by atoms with Crippen LogP contribution in [0.15, 0.2) is 48.5 Å². The molecule has 0 aromatic heterocycles. The minimum atomic E-state index is -0.280. The molecule has 4 rings (SSSR count). The van der Waals surface area contributed by atoms with Gasteiger partial charge >= 0.3 is 0 Å². The van der Waals surface area contributed by atoms with Gasteiger partial charge in [0.15, 0.2) is 0 Å². The van der Waals surface area contributed by atoms with E-state index in [2.05, 4.69) is 36.2 Å². The molecule has 2 saturated heterocycles. The van der Waals surface area contributed by atoms with E-state index in [0.29, 0.717) is 12.1 Å². The minimum absolute atomic E-state index is 0.264. The Hall–Kier alpha value is -2.04. The zero-order valence-corrected chi connectivity index (χ0v) is 17.0. The van der Waals surface area contributed by atoms with Crippen LogP contribution in [0.4, 0.5) is 0 Å². The molecular formula is C24H31NO3. The molecule has 0 aliphatic carbocycles. The van der Waals surface area contributed by atoms with Crippen LogP contribution in [0.2, 0.25) is 0 Å². The highest BCUT2D eigenvalue weighted by molar-refractivity contribution is 5.29. The summed E-state index contributed by atoms with van der Waals surface area (Å²) in [5.74, 6) is 2.28. The fraction of sp³-hybridized carbons (Fsp3) is 0.500. The van der Waals surface area contributed by atoms with Gasteiger partial charge in [0, 0.05) is 23.9 Å². The highest BCUT2D eigenvalue weighted by Crippen LogP contribution is 2.44. The number of fused-ring (bicyclic) bond motifs is 2. The van der Waals surface area contributed by atoms with Gasteiger partial charge < -0.3 is 14.6 Å². The van der Waals surface area contributed by atoms with E-state index in [1.807, 2.05) is 24.3 Å². The summed E-state index contributed by atoms with van der Waals surface area (Å²) in [5.41, 5.74) is 2.54. The maximum Gasteiger partial charge on any atom is 0.118 e. The second kappa shape index (κ2) is 8.14. The molecule has 0 spiro atoms. The summed E-state index contributed by atoms with van der Waals surface area (Å²) in [4.78, 5) is 2.54. The second-order valence-electron chi connectivity index (χ2n) is 8.30. The van der Waals surface area contributed by atoms with Gasteiger partial charge in [-0.2, -0.15) is 0 Å². The third kappa shape index (κ3) is 3.63. The smallest absolute Gasteiger partial charge is 0.118 e. The van der Waals surface area contributed by atoms with Crippen molar-refractivity contribution >= 4 is 0 Å². The molecule has 1 N–H and O–H groups in total. The van der Waals surface area contributed by atoms with E-state index in [4.69, 9.17) is 9.47 Å². The Balaban J connectivity index is 1.53. The summed E-state index contributed by atoms with van der Waals surface area (Å²) in [5, 5.41) is 11.4. The van der Waals surface area contributed by atoms with Gasteiger partial charge in [-0.05, 0) is 68.1 Å². The molecular weight excluding hydrogens is 350 g/mol. The number of aliphatic hydroxyl groups excluding tert-OH is 1. The van der Waals surface area contributed by atoms with Gasteiger partial charge in [-0.25, -0.2) is 0 Å². The molecule has 2 aliphatic rings. The highest BCUT2D eigenvalue weighted by atomic mass is 16.5. The van der Waals surface area contributed by atoms with Crippen LogP contribution in [0.3, 0.4) is 0 Å². The highest BCUT2D eigenvalue weighted by Gasteiger charge is 2.50. The zero-order chi connectivity index (χ0) is 19.7. The van der Waals surface area contributed by atoms with Gasteiger partial charge in [-0.1, -0.05) is 24.3 Å². The molecule has 2 aromatic rings. The number of ether oxygens (including phenoxy) is 2. The van der Waals surface area contributed by atoms with Gasteiger partial charge in [-0.3, -0.25) is 4.90 Å². The van der Waals surface area contributed by atoms with Crippen molar-refractivity contribution in [1.29, 1.82) is 0 Å².